The molecule has 2 rings (SSSR count). The van der Waals surface area contributed by atoms with Crippen LogP contribution in [0.15, 0.2) is 41.4 Å². The van der Waals surface area contributed by atoms with Crippen molar-refractivity contribution in [3.63, 3.8) is 0 Å². The molecule has 0 bridgehead atoms. The summed E-state index contributed by atoms with van der Waals surface area (Å²) < 4.78 is 20.9. The number of benzene rings is 2. The second-order valence-electron chi connectivity index (χ2n) is 10.3. The molecule has 0 atom stereocenters. The van der Waals surface area contributed by atoms with Gasteiger partial charge in [0.05, 0.1) is 35.8 Å². The van der Waals surface area contributed by atoms with Gasteiger partial charge in [0.2, 0.25) is 0 Å². The third-order valence-electron chi connectivity index (χ3n) is 4.83. The van der Waals surface area contributed by atoms with Crippen molar-refractivity contribution in [2.45, 2.75) is 54.9 Å². The van der Waals surface area contributed by atoms with Crippen LogP contribution in [0.4, 0.5) is 0 Å². The molecule has 39 heavy (non-hydrogen) atoms. The summed E-state index contributed by atoms with van der Waals surface area (Å²) in [7, 11) is 3.14. The Bertz CT molecular complexity index is 1060. The first-order valence-electron chi connectivity index (χ1n) is 11.9. The number of methoxy groups -OCH3 is 2. The fraction of sp³-hybridized carbons (Fsp3) is 0.414. The zero-order valence-electron chi connectivity index (χ0n) is 24.2. The van der Waals surface area contributed by atoms with Gasteiger partial charge in [-0.1, -0.05) is 35.3 Å². The zero-order chi connectivity index (χ0) is 30.6. The number of hydrogen-bond acceptors (Lipinski definition) is 6. The van der Waals surface area contributed by atoms with Crippen LogP contribution in [0.5, 0.6) is 23.0 Å². The number of carbonyl (C=O) groups is 2. The van der Waals surface area contributed by atoms with Gasteiger partial charge in [-0.3, -0.25) is 9.59 Å². The summed E-state index contributed by atoms with van der Waals surface area (Å²) in [5.74, 6) is 1.21. The van der Waals surface area contributed by atoms with Gasteiger partial charge in [-0.15, -0.1) is 6.07 Å². The zero-order valence-corrected chi connectivity index (χ0v) is 30.2. The van der Waals surface area contributed by atoms with Crippen LogP contribution in [0.25, 0.3) is 0 Å². The van der Waals surface area contributed by atoms with E-state index in [1.165, 1.54) is 16.3 Å². The molecule has 0 saturated carbocycles. The van der Waals surface area contributed by atoms with Gasteiger partial charge in [-0.05, 0) is 66.2 Å². The van der Waals surface area contributed by atoms with E-state index >= 15 is 0 Å². The Morgan fingerprint density at radius 2 is 1.31 bits per heavy atom. The summed E-state index contributed by atoms with van der Waals surface area (Å²) in [5, 5.41) is 1.18. The predicted octanol–water partition coefficient (Wildman–Crippen LogP) is 8.66. The van der Waals surface area contributed by atoms with Crippen molar-refractivity contribution >= 4 is 48.8 Å². The first-order chi connectivity index (χ1) is 18.0. The molecule has 0 aliphatic heterocycles. The third kappa shape index (κ3) is 13.5. The van der Waals surface area contributed by atoms with Gasteiger partial charge in [-0.2, -0.15) is 12.5 Å². The summed E-state index contributed by atoms with van der Waals surface area (Å²) >= 11 is 16.2. The SMILES string of the molecule is C/C=C(/Cl)Cc1cc(OC(=O)C(C)(C)C)cc(OC(=O)C(C)(C)C)c1.[CH2-]c1cc(OC)c(Cl)cc1OC.[Zn+][Br]. The molecule has 212 valence electrons. The number of rotatable bonds is 6. The molecule has 0 fully saturated rings. The van der Waals surface area contributed by atoms with Gasteiger partial charge in [0, 0.05) is 23.3 Å². The van der Waals surface area contributed by atoms with Crippen LogP contribution in [-0.4, -0.2) is 26.2 Å². The van der Waals surface area contributed by atoms with Crippen molar-refractivity contribution in [3.05, 3.63) is 64.5 Å². The number of allylic oxidation sites excluding steroid dienone is 2. The predicted molar refractivity (Wildman–Crippen MR) is 158 cm³/mol. The summed E-state index contributed by atoms with van der Waals surface area (Å²) in [6, 6.07) is 8.41. The molecule has 0 N–H and O–H groups in total. The molecule has 0 unspecified atom stereocenters. The number of carbonyl (C=O) groups excluding carboxylic acids is 2. The molecule has 0 saturated heterocycles. The summed E-state index contributed by atoms with van der Waals surface area (Å²) in [4.78, 5) is 24.3. The van der Waals surface area contributed by atoms with Crippen molar-refractivity contribution in [2.24, 2.45) is 10.8 Å². The number of esters is 2. The summed E-state index contributed by atoms with van der Waals surface area (Å²) in [5.41, 5.74) is 0.274. The Morgan fingerprint density at radius 1 is 0.872 bits per heavy atom. The minimum absolute atomic E-state index is 0.328. The van der Waals surface area contributed by atoms with E-state index in [4.69, 9.17) is 42.1 Å². The first kappa shape index (κ1) is 37.3. The van der Waals surface area contributed by atoms with Crippen LogP contribution in [0.2, 0.25) is 5.02 Å². The molecule has 0 heterocycles. The van der Waals surface area contributed by atoms with Crippen molar-refractivity contribution in [1.82, 2.24) is 0 Å². The Kier molecular flexibility index (Phi) is 16.4. The minimum atomic E-state index is -0.640. The van der Waals surface area contributed by atoms with Crippen molar-refractivity contribution in [2.75, 3.05) is 14.2 Å². The monoisotopic (exact) mass is 694 g/mol. The maximum absolute atomic E-state index is 12.1. The van der Waals surface area contributed by atoms with Crippen LogP contribution in [0, 0.1) is 17.8 Å². The van der Waals surface area contributed by atoms with Crippen LogP contribution in [0.1, 0.15) is 59.6 Å². The van der Waals surface area contributed by atoms with Crippen molar-refractivity contribution in [3.8, 4) is 23.0 Å². The fourth-order valence-electron chi connectivity index (χ4n) is 2.59. The van der Waals surface area contributed by atoms with Gasteiger partial charge in [0.25, 0.3) is 0 Å². The van der Waals surface area contributed by atoms with E-state index < -0.39 is 10.8 Å². The fourth-order valence-corrected chi connectivity index (χ4v) is 2.98. The Balaban J connectivity index is 0.000000858. The van der Waals surface area contributed by atoms with E-state index in [9.17, 15) is 9.59 Å². The maximum atomic E-state index is 12.1. The van der Waals surface area contributed by atoms with Crippen LogP contribution in [-0.2, 0) is 32.4 Å². The second-order valence-corrected chi connectivity index (χ2v) is 11.2. The van der Waals surface area contributed by atoms with Gasteiger partial charge in [0.15, 0.2) is 0 Å². The standard InChI is InChI=1S/C20H27ClO4.C9H10ClO2.BrH.Zn/c1-8-14(21)9-13-10-15(24-17(22)19(2,3)4)12-16(11-13)25-18(23)20(5,6)7;1-6-4-9(12-3)7(10)5-8(6)11-2;;/h8,10-12H,9H2,1-7H3;4-5H,1H2,2-3H3;1H;/q;-1;;+2/p-1/b14-8+;;;. The quantitative estimate of drug-likeness (QED) is 0.130. The normalized spacial score (nSPS) is 11.3. The van der Waals surface area contributed by atoms with Gasteiger partial charge < -0.3 is 18.9 Å². The molecule has 6 nitrogen and oxygen atoms in total. The summed E-state index contributed by atoms with van der Waals surface area (Å²) in [6.07, 6.45) is 2.25. The van der Waals surface area contributed by atoms with Gasteiger partial charge >= 0.3 is 41.9 Å². The molecule has 0 amide bonds. The Morgan fingerprint density at radius 3 is 1.67 bits per heavy atom. The molecule has 0 aromatic heterocycles. The number of halogens is 3. The molecule has 2 aromatic carbocycles. The Labute approximate surface area is 259 Å². The van der Waals surface area contributed by atoms with Crippen LogP contribution in [0.3, 0.4) is 0 Å². The van der Waals surface area contributed by atoms with Gasteiger partial charge in [-0.25, -0.2) is 0 Å². The van der Waals surface area contributed by atoms with E-state index in [1.54, 1.807) is 92.2 Å². The van der Waals surface area contributed by atoms with E-state index in [0.29, 0.717) is 39.5 Å². The second kappa shape index (κ2) is 17.2. The van der Waals surface area contributed by atoms with E-state index in [2.05, 4.69) is 20.5 Å². The average Bonchev–Trinajstić information content (AvgIpc) is 2.85. The molecule has 0 radical (unpaired) electrons. The number of hydrogen-bond donors (Lipinski definition) is 0. The van der Waals surface area contributed by atoms with E-state index in [0.717, 1.165) is 11.1 Å². The summed E-state index contributed by atoms with van der Waals surface area (Å²) in [6.45, 7) is 16.3. The Hall–Kier alpha value is -1.73. The molecule has 0 aliphatic carbocycles. The molecule has 10 heteroatoms. The molecule has 2 aromatic rings. The van der Waals surface area contributed by atoms with E-state index in [-0.39, 0.29) is 11.9 Å². The van der Waals surface area contributed by atoms with Crippen LogP contribution < -0.4 is 18.9 Å². The van der Waals surface area contributed by atoms with Crippen molar-refractivity contribution in [1.29, 1.82) is 0 Å². The molecular formula is C29H37BrCl2O6Zn. The van der Waals surface area contributed by atoms with E-state index in [1.807, 2.05) is 6.92 Å². The third-order valence-corrected chi connectivity index (χ3v) is 5.47. The average molecular weight is 698 g/mol. The van der Waals surface area contributed by atoms with Gasteiger partial charge in [0.1, 0.15) is 11.5 Å². The molecule has 0 aliphatic rings. The first-order valence-corrected chi connectivity index (χ1v) is 19.6. The molecular weight excluding hydrogens is 661 g/mol. The topological polar surface area (TPSA) is 71.1 Å². The van der Waals surface area contributed by atoms with Crippen molar-refractivity contribution < 1.29 is 44.9 Å². The number of ether oxygens (including phenoxy) is 4. The van der Waals surface area contributed by atoms with Crippen LogP contribution >= 0.6 is 36.8 Å². The molecule has 0 spiro atoms.